The minimum atomic E-state index is -0.178. The number of rotatable bonds is 5. The van der Waals surface area contributed by atoms with E-state index < -0.39 is 0 Å². The predicted octanol–water partition coefficient (Wildman–Crippen LogP) is 3.69. The number of aryl methyl sites for hydroxylation is 1. The highest BCUT2D eigenvalue weighted by atomic mass is 32.2. The number of hydrogen-bond acceptors (Lipinski definition) is 7. The van der Waals surface area contributed by atoms with Crippen LogP contribution in [-0.2, 0) is 5.75 Å². The Balaban J connectivity index is 1.54. The Morgan fingerprint density at radius 3 is 2.82 bits per heavy atom. The Hall–Kier alpha value is -4.18. The monoisotopic (exact) mass is 469 g/mol. The molecular weight excluding hydrogens is 450 g/mol. The van der Waals surface area contributed by atoms with Crippen LogP contribution < -0.4 is 10.3 Å². The van der Waals surface area contributed by atoms with Gasteiger partial charge in [0.2, 0.25) is 11.6 Å². The molecule has 34 heavy (non-hydrogen) atoms. The summed E-state index contributed by atoms with van der Waals surface area (Å²) >= 11 is 1.50. The molecule has 168 valence electrons. The molecule has 10 heteroatoms. The van der Waals surface area contributed by atoms with Crippen LogP contribution in [0.3, 0.4) is 0 Å². The van der Waals surface area contributed by atoms with Crippen molar-refractivity contribution in [2.24, 2.45) is 0 Å². The van der Waals surface area contributed by atoms with Crippen LogP contribution in [0.4, 0.5) is 0 Å². The Labute approximate surface area is 197 Å². The van der Waals surface area contributed by atoms with Crippen LogP contribution in [-0.4, -0.2) is 40.6 Å². The Bertz CT molecular complexity index is 1720. The quantitative estimate of drug-likeness (QED) is 0.356. The van der Waals surface area contributed by atoms with Crippen molar-refractivity contribution in [3.63, 3.8) is 0 Å². The second-order valence-corrected chi connectivity index (χ2v) is 8.74. The van der Waals surface area contributed by atoms with E-state index in [2.05, 4.69) is 20.2 Å². The summed E-state index contributed by atoms with van der Waals surface area (Å²) in [7, 11) is 1.59. The van der Waals surface area contributed by atoms with Crippen molar-refractivity contribution in [2.45, 2.75) is 17.8 Å². The summed E-state index contributed by atoms with van der Waals surface area (Å²) in [5.41, 5.74) is 3.07. The van der Waals surface area contributed by atoms with Crippen LogP contribution in [0.25, 0.3) is 28.1 Å². The molecule has 9 nitrogen and oxygen atoms in total. The van der Waals surface area contributed by atoms with E-state index in [9.17, 15) is 4.79 Å². The Kier molecular flexibility index (Phi) is 4.80. The van der Waals surface area contributed by atoms with Crippen molar-refractivity contribution in [2.75, 3.05) is 7.11 Å². The number of methoxy groups -OCH3 is 1. The molecule has 0 atom stereocenters. The first-order valence-corrected chi connectivity index (χ1v) is 11.6. The van der Waals surface area contributed by atoms with Crippen molar-refractivity contribution >= 4 is 34.2 Å². The molecule has 0 N–H and O–H groups in total. The highest BCUT2D eigenvalue weighted by molar-refractivity contribution is 7.98. The fraction of sp³-hybridized carbons (Fsp3) is 0.125. The van der Waals surface area contributed by atoms with E-state index >= 15 is 0 Å². The molecule has 0 fully saturated rings. The van der Waals surface area contributed by atoms with Crippen molar-refractivity contribution in [1.82, 2.24) is 33.5 Å². The normalized spacial score (nSPS) is 11.6. The molecule has 0 saturated heterocycles. The smallest absolute Gasteiger partial charge is 0.267 e. The number of benzene rings is 2. The summed E-state index contributed by atoms with van der Waals surface area (Å²) in [5, 5.41) is 10.1. The minimum absolute atomic E-state index is 0.178. The van der Waals surface area contributed by atoms with Gasteiger partial charge in [0.05, 0.1) is 29.4 Å². The maximum absolute atomic E-state index is 13.6. The van der Waals surface area contributed by atoms with E-state index in [-0.39, 0.29) is 5.56 Å². The first kappa shape index (κ1) is 20.4. The highest BCUT2D eigenvalue weighted by Gasteiger charge is 2.20. The number of thioether (sulfide) groups is 1. The zero-order valence-electron chi connectivity index (χ0n) is 18.4. The summed E-state index contributed by atoms with van der Waals surface area (Å²) < 4.78 is 10.9. The zero-order valence-corrected chi connectivity index (χ0v) is 19.2. The van der Waals surface area contributed by atoms with E-state index in [1.54, 1.807) is 17.9 Å². The van der Waals surface area contributed by atoms with Crippen molar-refractivity contribution in [1.29, 1.82) is 0 Å². The molecule has 0 spiro atoms. The molecule has 6 aromatic rings. The standard InChI is InChI=1S/C24H19N7O2S/c1-15-8-9-20(33-2)19(12-15)30-21(32)17-6-3-4-7-18(17)31-23(30)27-28-24(31)34-14-16-13-29-11-5-10-25-22(29)26-16/h3-13H,14H2,1-2H3. The number of ether oxygens (including phenoxy) is 1. The summed E-state index contributed by atoms with van der Waals surface area (Å²) in [6.45, 7) is 1.97. The van der Waals surface area contributed by atoms with Crippen molar-refractivity contribution in [3.8, 4) is 11.4 Å². The summed E-state index contributed by atoms with van der Waals surface area (Å²) in [4.78, 5) is 22.5. The lowest BCUT2D eigenvalue weighted by molar-refractivity contribution is 0.412. The maximum atomic E-state index is 13.6. The third-order valence-corrected chi connectivity index (χ3v) is 6.57. The number of aromatic nitrogens is 7. The van der Waals surface area contributed by atoms with Gasteiger partial charge >= 0.3 is 0 Å². The molecule has 0 aliphatic rings. The molecule has 0 saturated carbocycles. The van der Waals surface area contributed by atoms with Gasteiger partial charge in [0, 0.05) is 24.3 Å². The third kappa shape index (κ3) is 3.22. The van der Waals surface area contributed by atoms with Gasteiger partial charge in [-0.15, -0.1) is 10.2 Å². The van der Waals surface area contributed by atoms with Gasteiger partial charge in [-0.05, 0) is 42.8 Å². The van der Waals surface area contributed by atoms with Gasteiger partial charge in [-0.2, -0.15) is 0 Å². The lowest BCUT2D eigenvalue weighted by Crippen LogP contribution is -2.22. The van der Waals surface area contributed by atoms with Crippen molar-refractivity contribution in [3.05, 3.63) is 88.7 Å². The van der Waals surface area contributed by atoms with Gasteiger partial charge in [0.1, 0.15) is 5.75 Å². The van der Waals surface area contributed by atoms with Crippen molar-refractivity contribution < 1.29 is 4.74 Å². The molecule has 4 aromatic heterocycles. The van der Waals surface area contributed by atoms with E-state index in [1.165, 1.54) is 11.8 Å². The van der Waals surface area contributed by atoms with Crippen LogP contribution >= 0.6 is 11.8 Å². The average Bonchev–Trinajstić information content (AvgIpc) is 3.47. The number of para-hydroxylation sites is 1. The molecule has 0 aliphatic carbocycles. The molecule has 4 heterocycles. The molecule has 0 radical (unpaired) electrons. The van der Waals surface area contributed by atoms with E-state index in [0.29, 0.717) is 39.3 Å². The van der Waals surface area contributed by atoms with Gasteiger partial charge < -0.3 is 4.74 Å². The molecule has 2 aromatic carbocycles. The first-order chi connectivity index (χ1) is 16.6. The lowest BCUT2D eigenvalue weighted by atomic mass is 10.2. The minimum Gasteiger partial charge on any atom is -0.495 e. The zero-order chi connectivity index (χ0) is 23.2. The molecule has 0 amide bonds. The maximum Gasteiger partial charge on any atom is 0.267 e. The Morgan fingerprint density at radius 2 is 1.97 bits per heavy atom. The van der Waals surface area contributed by atoms with E-state index in [4.69, 9.17) is 4.74 Å². The average molecular weight is 470 g/mol. The van der Waals surface area contributed by atoms with E-state index in [0.717, 1.165) is 16.8 Å². The van der Waals surface area contributed by atoms with Gasteiger partial charge in [0.25, 0.3) is 5.56 Å². The number of nitrogens with zero attached hydrogens (tertiary/aromatic N) is 7. The topological polar surface area (TPSA) is 91.6 Å². The fourth-order valence-corrected chi connectivity index (χ4v) is 4.88. The van der Waals surface area contributed by atoms with E-state index in [1.807, 2.05) is 76.6 Å². The number of hydrogen-bond donors (Lipinski definition) is 0. The van der Waals surface area contributed by atoms with Gasteiger partial charge in [-0.1, -0.05) is 30.0 Å². The van der Waals surface area contributed by atoms with Crippen LogP contribution in [0.15, 0.2) is 77.1 Å². The molecule has 0 bridgehead atoms. The molecule has 0 aliphatic heterocycles. The molecule has 0 unspecified atom stereocenters. The summed E-state index contributed by atoms with van der Waals surface area (Å²) in [5.74, 6) is 2.23. The number of imidazole rings is 1. The largest absolute Gasteiger partial charge is 0.495 e. The summed E-state index contributed by atoms with van der Waals surface area (Å²) in [6.07, 6.45) is 5.58. The third-order valence-electron chi connectivity index (χ3n) is 5.60. The van der Waals surface area contributed by atoms with Crippen LogP contribution in [0.1, 0.15) is 11.3 Å². The summed E-state index contributed by atoms with van der Waals surface area (Å²) in [6, 6.07) is 15.1. The SMILES string of the molecule is COc1ccc(C)cc1-n1c(=O)c2ccccc2n2c(SCc3cn4cccnc4n3)nnc12. The van der Waals surface area contributed by atoms with Gasteiger partial charge in [-0.25, -0.2) is 14.5 Å². The van der Waals surface area contributed by atoms with Crippen LogP contribution in [0.5, 0.6) is 5.75 Å². The fourth-order valence-electron chi connectivity index (χ4n) is 4.05. The second-order valence-electron chi connectivity index (χ2n) is 7.80. The number of fused-ring (bicyclic) bond motifs is 4. The van der Waals surface area contributed by atoms with Crippen LogP contribution in [0, 0.1) is 6.92 Å². The second kappa shape index (κ2) is 7.99. The molecule has 6 rings (SSSR count). The predicted molar refractivity (Wildman–Crippen MR) is 130 cm³/mol. The molecular formula is C24H19N7O2S. The lowest BCUT2D eigenvalue weighted by Gasteiger charge is -2.14. The first-order valence-electron chi connectivity index (χ1n) is 10.6. The Morgan fingerprint density at radius 1 is 1.09 bits per heavy atom. The van der Waals surface area contributed by atoms with Gasteiger partial charge in [0.15, 0.2) is 5.16 Å². The van der Waals surface area contributed by atoms with Gasteiger partial charge in [-0.3, -0.25) is 13.6 Å². The van der Waals surface area contributed by atoms with Crippen LogP contribution in [0.2, 0.25) is 0 Å². The highest BCUT2D eigenvalue weighted by Crippen LogP contribution is 2.28.